The second-order valence-electron chi connectivity index (χ2n) is 5.24. The summed E-state index contributed by atoms with van der Waals surface area (Å²) < 4.78 is 0. The van der Waals surface area contributed by atoms with E-state index in [2.05, 4.69) is 47.8 Å². The lowest BCUT2D eigenvalue weighted by atomic mass is 10.1. The van der Waals surface area contributed by atoms with E-state index in [9.17, 15) is 0 Å². The van der Waals surface area contributed by atoms with Crippen molar-refractivity contribution in [1.29, 1.82) is 0 Å². The van der Waals surface area contributed by atoms with Crippen LogP contribution in [0.3, 0.4) is 0 Å². The molecule has 3 rings (SSSR count). The maximum Gasteiger partial charge on any atom is 0.0226 e. The zero-order valence-corrected chi connectivity index (χ0v) is 11.9. The van der Waals surface area contributed by atoms with Gasteiger partial charge in [0.15, 0.2) is 0 Å². The van der Waals surface area contributed by atoms with Crippen LogP contribution in [0.1, 0.15) is 31.2 Å². The normalized spacial score (nSPS) is 24.1. The van der Waals surface area contributed by atoms with Gasteiger partial charge in [-0.2, -0.15) is 11.8 Å². The van der Waals surface area contributed by atoms with Crippen molar-refractivity contribution in [3.05, 3.63) is 29.8 Å². The molecule has 1 atom stereocenters. The topological polar surface area (TPSA) is 0 Å². The Morgan fingerprint density at radius 1 is 1.12 bits per heavy atom. The Morgan fingerprint density at radius 2 is 1.94 bits per heavy atom. The Labute approximate surface area is 113 Å². The standard InChI is InChI=1S/C15H20S2/c1-2-6-12(5-1)10-16-11-14-9-13-7-3-4-8-15(13)17-14/h3-4,7-8,12,14H,1-2,5-6,9-11H2. The molecule has 17 heavy (non-hydrogen) atoms. The fraction of sp³-hybridized carbons (Fsp3) is 0.600. The van der Waals surface area contributed by atoms with Crippen LogP contribution in [0, 0.1) is 5.92 Å². The summed E-state index contributed by atoms with van der Waals surface area (Å²) in [6, 6.07) is 8.92. The van der Waals surface area contributed by atoms with E-state index >= 15 is 0 Å². The molecule has 1 unspecified atom stereocenters. The summed E-state index contributed by atoms with van der Waals surface area (Å²) in [6.07, 6.45) is 7.23. The lowest BCUT2D eigenvalue weighted by Crippen LogP contribution is -2.07. The summed E-state index contributed by atoms with van der Waals surface area (Å²) in [5.41, 5.74) is 1.57. The number of rotatable bonds is 4. The second-order valence-corrected chi connectivity index (χ2v) is 7.66. The van der Waals surface area contributed by atoms with Gasteiger partial charge in [0.25, 0.3) is 0 Å². The highest BCUT2D eigenvalue weighted by Crippen LogP contribution is 2.38. The molecule has 1 aliphatic carbocycles. The van der Waals surface area contributed by atoms with E-state index in [1.54, 1.807) is 5.56 Å². The zero-order chi connectivity index (χ0) is 11.5. The summed E-state index contributed by atoms with van der Waals surface area (Å²) in [5, 5.41) is 0.832. The van der Waals surface area contributed by atoms with Gasteiger partial charge in [0.2, 0.25) is 0 Å². The Balaban J connectivity index is 1.43. The number of hydrogen-bond donors (Lipinski definition) is 0. The van der Waals surface area contributed by atoms with Gasteiger partial charge in [0, 0.05) is 15.9 Å². The zero-order valence-electron chi connectivity index (χ0n) is 10.2. The summed E-state index contributed by atoms with van der Waals surface area (Å²) in [6.45, 7) is 0. The van der Waals surface area contributed by atoms with E-state index in [1.165, 1.54) is 48.5 Å². The molecule has 2 aliphatic rings. The molecule has 1 aromatic carbocycles. The smallest absolute Gasteiger partial charge is 0.0226 e. The fourth-order valence-corrected chi connectivity index (χ4v) is 5.72. The van der Waals surface area contributed by atoms with Gasteiger partial charge in [0.05, 0.1) is 0 Å². The van der Waals surface area contributed by atoms with E-state index in [4.69, 9.17) is 0 Å². The van der Waals surface area contributed by atoms with Crippen LogP contribution in [0.25, 0.3) is 0 Å². The van der Waals surface area contributed by atoms with Crippen molar-refractivity contribution in [2.75, 3.05) is 11.5 Å². The van der Waals surface area contributed by atoms with Crippen molar-refractivity contribution < 1.29 is 0 Å². The molecule has 2 heteroatoms. The maximum atomic E-state index is 2.30. The van der Waals surface area contributed by atoms with Crippen LogP contribution in [0.4, 0.5) is 0 Å². The van der Waals surface area contributed by atoms with E-state index in [0.717, 1.165) is 11.2 Å². The van der Waals surface area contributed by atoms with Crippen LogP contribution in [0.15, 0.2) is 29.2 Å². The summed E-state index contributed by atoms with van der Waals surface area (Å²) in [7, 11) is 0. The minimum atomic E-state index is 0.832. The molecule has 92 valence electrons. The molecule has 1 fully saturated rings. The van der Waals surface area contributed by atoms with Gasteiger partial charge < -0.3 is 0 Å². The first-order chi connectivity index (χ1) is 8.42. The first-order valence-corrected chi connectivity index (χ1v) is 8.77. The molecule has 0 aromatic heterocycles. The predicted octanol–water partition coefficient (Wildman–Crippen LogP) is 4.63. The van der Waals surface area contributed by atoms with E-state index in [-0.39, 0.29) is 0 Å². The third-order valence-electron chi connectivity index (χ3n) is 3.85. The van der Waals surface area contributed by atoms with Crippen molar-refractivity contribution in [1.82, 2.24) is 0 Å². The predicted molar refractivity (Wildman–Crippen MR) is 79.1 cm³/mol. The number of thioether (sulfide) groups is 2. The molecule has 0 bridgehead atoms. The third-order valence-corrected chi connectivity index (χ3v) is 6.72. The Hall–Kier alpha value is -0.0800. The molecular formula is C15H20S2. The van der Waals surface area contributed by atoms with Gasteiger partial charge in [0.1, 0.15) is 0 Å². The monoisotopic (exact) mass is 264 g/mol. The molecular weight excluding hydrogens is 244 g/mol. The quantitative estimate of drug-likeness (QED) is 0.778. The van der Waals surface area contributed by atoms with E-state index in [0.29, 0.717) is 0 Å². The van der Waals surface area contributed by atoms with Crippen LogP contribution in [0.2, 0.25) is 0 Å². The fourth-order valence-electron chi connectivity index (χ4n) is 2.89. The number of benzene rings is 1. The van der Waals surface area contributed by atoms with Crippen LogP contribution in [0.5, 0.6) is 0 Å². The van der Waals surface area contributed by atoms with Crippen molar-refractivity contribution >= 4 is 23.5 Å². The van der Waals surface area contributed by atoms with Crippen LogP contribution >= 0.6 is 23.5 Å². The minimum absolute atomic E-state index is 0.832. The Morgan fingerprint density at radius 3 is 2.76 bits per heavy atom. The lowest BCUT2D eigenvalue weighted by molar-refractivity contribution is 0.623. The highest BCUT2D eigenvalue weighted by molar-refractivity contribution is 8.03. The second kappa shape index (κ2) is 5.71. The van der Waals surface area contributed by atoms with Gasteiger partial charge in [-0.05, 0) is 42.6 Å². The molecule has 0 spiro atoms. The van der Waals surface area contributed by atoms with Crippen LogP contribution in [-0.2, 0) is 6.42 Å². The van der Waals surface area contributed by atoms with Gasteiger partial charge in [-0.15, -0.1) is 11.8 Å². The Bertz CT molecular complexity index is 344. The van der Waals surface area contributed by atoms with Crippen LogP contribution < -0.4 is 0 Å². The molecule has 1 heterocycles. The van der Waals surface area contributed by atoms with Crippen molar-refractivity contribution in [3.8, 4) is 0 Å². The first kappa shape index (κ1) is 12.0. The number of hydrogen-bond acceptors (Lipinski definition) is 2. The molecule has 0 saturated heterocycles. The minimum Gasteiger partial charge on any atom is -0.161 e. The lowest BCUT2D eigenvalue weighted by Gasteiger charge is -2.11. The first-order valence-electron chi connectivity index (χ1n) is 6.74. The van der Waals surface area contributed by atoms with Gasteiger partial charge >= 0.3 is 0 Å². The summed E-state index contributed by atoms with van der Waals surface area (Å²) in [5.74, 6) is 3.79. The van der Waals surface area contributed by atoms with Crippen molar-refractivity contribution in [2.45, 2.75) is 42.2 Å². The van der Waals surface area contributed by atoms with Gasteiger partial charge in [-0.1, -0.05) is 31.0 Å². The summed E-state index contributed by atoms with van der Waals surface area (Å²) in [4.78, 5) is 1.53. The molecule has 0 amide bonds. The highest BCUT2D eigenvalue weighted by atomic mass is 32.2. The highest BCUT2D eigenvalue weighted by Gasteiger charge is 2.22. The number of fused-ring (bicyclic) bond motifs is 1. The maximum absolute atomic E-state index is 2.30. The van der Waals surface area contributed by atoms with Crippen molar-refractivity contribution in [2.24, 2.45) is 5.92 Å². The molecule has 0 radical (unpaired) electrons. The van der Waals surface area contributed by atoms with E-state index in [1.807, 2.05) is 0 Å². The average Bonchev–Trinajstić information content (AvgIpc) is 2.96. The van der Waals surface area contributed by atoms with Gasteiger partial charge in [-0.3, -0.25) is 0 Å². The van der Waals surface area contributed by atoms with Crippen LogP contribution in [-0.4, -0.2) is 16.8 Å². The molecule has 0 nitrogen and oxygen atoms in total. The SMILES string of the molecule is c1ccc2c(c1)CC(CSCC1CCCC1)S2. The van der Waals surface area contributed by atoms with E-state index < -0.39 is 0 Å². The molecule has 1 saturated carbocycles. The largest absolute Gasteiger partial charge is 0.161 e. The van der Waals surface area contributed by atoms with Crippen molar-refractivity contribution in [3.63, 3.8) is 0 Å². The molecule has 1 aliphatic heterocycles. The molecule has 0 N–H and O–H groups in total. The average molecular weight is 264 g/mol. The molecule has 1 aromatic rings. The Kier molecular flexibility index (Phi) is 4.02. The van der Waals surface area contributed by atoms with Gasteiger partial charge in [-0.25, -0.2) is 0 Å². The summed E-state index contributed by atoms with van der Waals surface area (Å²) >= 11 is 4.30. The third kappa shape index (κ3) is 3.03.